The summed E-state index contributed by atoms with van der Waals surface area (Å²) in [6.07, 6.45) is 0. The van der Waals surface area contributed by atoms with Crippen LogP contribution >= 0.6 is 0 Å². The number of nitrogens with zero attached hydrogens (tertiary/aromatic N) is 3. The third-order valence-electron chi connectivity index (χ3n) is 7.35. The summed E-state index contributed by atoms with van der Waals surface area (Å²) < 4.78 is 2.25. The molecular formula is C34H21N3. The van der Waals surface area contributed by atoms with Crippen LogP contribution in [0.4, 0.5) is 0 Å². The number of hydrogen-bond donors (Lipinski definition) is 0. The molecule has 172 valence electrons. The van der Waals surface area contributed by atoms with Crippen molar-refractivity contribution in [1.82, 2.24) is 14.5 Å². The molecule has 2 heterocycles. The molecule has 0 aliphatic heterocycles. The number of para-hydroxylation sites is 3. The maximum absolute atomic E-state index is 5.08. The Kier molecular flexibility index (Phi) is 4.23. The Bertz CT molecular complexity index is 2140. The van der Waals surface area contributed by atoms with Gasteiger partial charge in [0.25, 0.3) is 0 Å². The van der Waals surface area contributed by atoms with Gasteiger partial charge >= 0.3 is 0 Å². The van der Waals surface area contributed by atoms with Gasteiger partial charge in [-0.25, -0.2) is 9.97 Å². The minimum atomic E-state index is 0.875. The highest BCUT2D eigenvalue weighted by atomic mass is 15.1. The molecule has 0 aliphatic rings. The summed E-state index contributed by atoms with van der Waals surface area (Å²) in [7, 11) is 0. The Balaban J connectivity index is 1.50. The van der Waals surface area contributed by atoms with E-state index >= 15 is 0 Å². The monoisotopic (exact) mass is 471 g/mol. The second-order valence-corrected chi connectivity index (χ2v) is 9.48. The largest absolute Gasteiger partial charge is 0.293 e. The van der Waals surface area contributed by atoms with E-state index in [0.29, 0.717) is 0 Å². The fourth-order valence-corrected chi connectivity index (χ4v) is 5.66. The predicted octanol–water partition coefficient (Wildman–Crippen LogP) is 8.70. The first-order valence-electron chi connectivity index (χ1n) is 12.5. The van der Waals surface area contributed by atoms with Crippen LogP contribution in [-0.2, 0) is 0 Å². The number of benzene rings is 6. The summed E-state index contributed by atoms with van der Waals surface area (Å²) in [4.78, 5) is 10.1. The second-order valence-electron chi connectivity index (χ2n) is 9.48. The Morgan fingerprint density at radius 3 is 2.00 bits per heavy atom. The SMILES string of the molecule is c1ccc(-n2c3cc(-c4cc5ccccc5c5ccccc45)ccc3c3nc4ccccc4nc32)cc1. The second kappa shape index (κ2) is 7.74. The van der Waals surface area contributed by atoms with Crippen LogP contribution in [0.5, 0.6) is 0 Å². The zero-order valence-electron chi connectivity index (χ0n) is 20.0. The molecule has 0 saturated carbocycles. The Morgan fingerprint density at radius 2 is 1.16 bits per heavy atom. The topological polar surface area (TPSA) is 30.7 Å². The molecule has 0 spiro atoms. The van der Waals surface area contributed by atoms with Crippen LogP contribution in [0, 0.1) is 0 Å². The molecule has 37 heavy (non-hydrogen) atoms. The van der Waals surface area contributed by atoms with Crippen molar-refractivity contribution in [2.24, 2.45) is 0 Å². The smallest absolute Gasteiger partial charge is 0.165 e. The van der Waals surface area contributed by atoms with Crippen LogP contribution in [0.15, 0.2) is 127 Å². The van der Waals surface area contributed by atoms with Crippen molar-refractivity contribution in [2.75, 3.05) is 0 Å². The average Bonchev–Trinajstić information content (AvgIpc) is 3.28. The van der Waals surface area contributed by atoms with Gasteiger partial charge in [0.15, 0.2) is 5.65 Å². The van der Waals surface area contributed by atoms with Gasteiger partial charge in [-0.1, -0.05) is 84.9 Å². The van der Waals surface area contributed by atoms with Crippen LogP contribution in [0.25, 0.3) is 71.5 Å². The third kappa shape index (κ3) is 3.01. The molecule has 0 radical (unpaired) electrons. The highest BCUT2D eigenvalue weighted by molar-refractivity contribution is 6.15. The van der Waals surface area contributed by atoms with E-state index in [1.165, 1.54) is 32.7 Å². The van der Waals surface area contributed by atoms with Gasteiger partial charge in [-0.15, -0.1) is 0 Å². The lowest BCUT2D eigenvalue weighted by atomic mass is 9.93. The summed E-state index contributed by atoms with van der Waals surface area (Å²) in [5.41, 5.74) is 8.19. The zero-order valence-corrected chi connectivity index (χ0v) is 20.0. The van der Waals surface area contributed by atoms with Crippen molar-refractivity contribution >= 4 is 54.6 Å². The molecule has 0 atom stereocenters. The molecule has 0 amide bonds. The molecule has 0 unspecified atom stereocenters. The van der Waals surface area contributed by atoms with Crippen molar-refractivity contribution in [2.45, 2.75) is 0 Å². The van der Waals surface area contributed by atoms with E-state index in [2.05, 4.69) is 102 Å². The van der Waals surface area contributed by atoms with Crippen LogP contribution in [0.3, 0.4) is 0 Å². The molecular weight excluding hydrogens is 450 g/mol. The molecule has 0 N–H and O–H groups in total. The van der Waals surface area contributed by atoms with E-state index in [-0.39, 0.29) is 0 Å². The predicted molar refractivity (Wildman–Crippen MR) is 154 cm³/mol. The normalized spacial score (nSPS) is 11.8. The molecule has 8 rings (SSSR count). The number of aromatic nitrogens is 3. The molecule has 3 heteroatoms. The quantitative estimate of drug-likeness (QED) is 0.236. The number of rotatable bonds is 2. The van der Waals surface area contributed by atoms with E-state index < -0.39 is 0 Å². The van der Waals surface area contributed by atoms with E-state index in [9.17, 15) is 0 Å². The Hall–Kier alpha value is -5.02. The summed E-state index contributed by atoms with van der Waals surface area (Å²) in [5, 5.41) is 6.15. The molecule has 2 aromatic heterocycles. The summed E-state index contributed by atoms with van der Waals surface area (Å²) >= 11 is 0. The minimum Gasteiger partial charge on any atom is -0.293 e. The van der Waals surface area contributed by atoms with Gasteiger partial charge in [-0.3, -0.25) is 4.57 Å². The molecule has 0 fully saturated rings. The first-order chi connectivity index (χ1) is 18.3. The fraction of sp³-hybridized carbons (Fsp3) is 0. The zero-order chi connectivity index (χ0) is 24.3. The van der Waals surface area contributed by atoms with Gasteiger partial charge in [-0.2, -0.15) is 0 Å². The summed E-state index contributed by atoms with van der Waals surface area (Å²) in [5.74, 6) is 0. The van der Waals surface area contributed by atoms with Gasteiger partial charge in [-0.05, 0) is 75.1 Å². The summed E-state index contributed by atoms with van der Waals surface area (Å²) in [6.45, 7) is 0. The van der Waals surface area contributed by atoms with E-state index in [1.54, 1.807) is 0 Å². The molecule has 8 aromatic rings. The van der Waals surface area contributed by atoms with Gasteiger partial charge in [0, 0.05) is 11.1 Å². The van der Waals surface area contributed by atoms with Crippen molar-refractivity contribution in [3.63, 3.8) is 0 Å². The maximum Gasteiger partial charge on any atom is 0.165 e. The van der Waals surface area contributed by atoms with Gasteiger partial charge in [0.05, 0.1) is 16.6 Å². The average molecular weight is 472 g/mol. The number of hydrogen-bond acceptors (Lipinski definition) is 2. The van der Waals surface area contributed by atoms with Crippen LogP contribution < -0.4 is 0 Å². The Morgan fingerprint density at radius 1 is 0.486 bits per heavy atom. The Labute approximate surface area is 213 Å². The van der Waals surface area contributed by atoms with Gasteiger partial charge in [0.2, 0.25) is 0 Å². The molecule has 3 nitrogen and oxygen atoms in total. The lowest BCUT2D eigenvalue weighted by molar-refractivity contribution is 1.14. The third-order valence-corrected chi connectivity index (χ3v) is 7.35. The molecule has 0 saturated heterocycles. The van der Waals surface area contributed by atoms with E-state index in [1.807, 2.05) is 30.3 Å². The standard InChI is InChI=1S/C34H21N3/c1-2-11-24(12-3-1)37-32-21-23(18-19-28(32)33-34(37)36-31-17-9-8-16-30(31)35-33)29-20-22-10-4-5-13-25(22)26-14-6-7-15-27(26)29/h1-21H. The lowest BCUT2D eigenvalue weighted by Crippen LogP contribution is -1.96. The number of fused-ring (bicyclic) bond motifs is 7. The maximum atomic E-state index is 5.08. The van der Waals surface area contributed by atoms with Crippen molar-refractivity contribution in [1.29, 1.82) is 0 Å². The first-order valence-corrected chi connectivity index (χ1v) is 12.5. The van der Waals surface area contributed by atoms with E-state index in [4.69, 9.17) is 9.97 Å². The lowest BCUT2D eigenvalue weighted by Gasteiger charge is -2.12. The van der Waals surface area contributed by atoms with Crippen LogP contribution in [0.2, 0.25) is 0 Å². The molecule has 6 aromatic carbocycles. The highest BCUT2D eigenvalue weighted by Gasteiger charge is 2.17. The van der Waals surface area contributed by atoms with Crippen molar-refractivity contribution in [3.8, 4) is 16.8 Å². The molecule has 0 bridgehead atoms. The molecule has 0 aliphatic carbocycles. The highest BCUT2D eigenvalue weighted by Crippen LogP contribution is 2.38. The van der Waals surface area contributed by atoms with Crippen LogP contribution in [0.1, 0.15) is 0 Å². The van der Waals surface area contributed by atoms with Crippen molar-refractivity contribution in [3.05, 3.63) is 127 Å². The van der Waals surface area contributed by atoms with Crippen LogP contribution in [-0.4, -0.2) is 14.5 Å². The first kappa shape index (κ1) is 20.2. The van der Waals surface area contributed by atoms with Gasteiger partial charge in [0.1, 0.15) is 5.52 Å². The van der Waals surface area contributed by atoms with Crippen molar-refractivity contribution < 1.29 is 0 Å². The summed E-state index contributed by atoms with van der Waals surface area (Å²) in [6, 6.07) is 44.9. The minimum absolute atomic E-state index is 0.875. The van der Waals surface area contributed by atoms with E-state index in [0.717, 1.165) is 38.8 Å². The fourth-order valence-electron chi connectivity index (χ4n) is 5.66. The van der Waals surface area contributed by atoms with Gasteiger partial charge < -0.3 is 0 Å².